The summed E-state index contributed by atoms with van der Waals surface area (Å²) in [5.74, 6) is 2.52. The van der Waals surface area contributed by atoms with Crippen LogP contribution < -0.4 is 10.6 Å². The molecule has 6 rings (SSSR count). The molecular weight excluding hydrogens is 422 g/mol. The fourth-order valence-electron chi connectivity index (χ4n) is 3.47. The molecule has 3 N–H and O–H groups in total. The molecule has 9 nitrogen and oxygen atoms in total. The molecule has 6 aromatic rings. The molecule has 0 unspecified atom stereocenters. The van der Waals surface area contributed by atoms with Crippen molar-refractivity contribution in [3.8, 4) is 5.69 Å². The molecular formula is C22H17N9S. The number of thiophene rings is 1. The molecule has 0 aliphatic heterocycles. The highest BCUT2D eigenvalue weighted by Gasteiger charge is 2.15. The van der Waals surface area contributed by atoms with Crippen molar-refractivity contribution >= 4 is 51.1 Å². The number of aromatic nitrogens is 7. The maximum atomic E-state index is 4.72. The number of anilines is 3. The topological polar surface area (TPSA) is 109 Å². The van der Waals surface area contributed by atoms with E-state index < -0.39 is 0 Å². The molecule has 0 saturated carbocycles. The number of nitrogens with zero attached hydrogens (tertiary/aromatic N) is 6. The molecule has 5 aromatic heterocycles. The Morgan fingerprint density at radius 1 is 0.969 bits per heavy atom. The fraction of sp³-hybridized carbons (Fsp3) is 0.0455. The predicted molar refractivity (Wildman–Crippen MR) is 125 cm³/mol. The van der Waals surface area contributed by atoms with Crippen LogP contribution in [-0.2, 0) is 6.54 Å². The lowest BCUT2D eigenvalue weighted by Gasteiger charge is -2.09. The third kappa shape index (κ3) is 3.42. The summed E-state index contributed by atoms with van der Waals surface area (Å²) < 4.78 is 1.95. The lowest BCUT2D eigenvalue weighted by atomic mass is 10.3. The normalized spacial score (nSPS) is 11.2. The highest BCUT2D eigenvalue weighted by atomic mass is 32.1. The van der Waals surface area contributed by atoms with E-state index in [0.717, 1.165) is 22.5 Å². The highest BCUT2D eigenvalue weighted by Crippen LogP contribution is 2.26. The number of rotatable bonds is 6. The second kappa shape index (κ2) is 7.75. The van der Waals surface area contributed by atoms with Crippen LogP contribution in [0.25, 0.3) is 27.9 Å². The van der Waals surface area contributed by atoms with Crippen LogP contribution in [0.1, 0.15) is 5.82 Å². The summed E-state index contributed by atoms with van der Waals surface area (Å²) in [5.41, 5.74) is 4.30. The smallest absolute Gasteiger partial charge is 0.232 e. The van der Waals surface area contributed by atoms with Crippen LogP contribution in [0.5, 0.6) is 0 Å². The van der Waals surface area contributed by atoms with Crippen LogP contribution in [0.3, 0.4) is 0 Å². The SMILES string of the molecule is c1ccc(Nc2nc(NCc3nc4ccccc4[nH]3)c3ncn(-c4ccsc4)c3n2)nc1. The molecule has 156 valence electrons. The third-order valence-electron chi connectivity index (χ3n) is 4.95. The summed E-state index contributed by atoms with van der Waals surface area (Å²) in [4.78, 5) is 26.2. The number of pyridine rings is 1. The van der Waals surface area contributed by atoms with Gasteiger partial charge in [-0.1, -0.05) is 18.2 Å². The molecule has 0 amide bonds. The van der Waals surface area contributed by atoms with Crippen LogP contribution in [0.4, 0.5) is 17.6 Å². The van der Waals surface area contributed by atoms with Crippen LogP contribution in [0.2, 0.25) is 0 Å². The number of aromatic amines is 1. The molecule has 0 spiro atoms. The molecule has 5 heterocycles. The van der Waals surface area contributed by atoms with Gasteiger partial charge in [-0.25, -0.2) is 15.0 Å². The van der Waals surface area contributed by atoms with Gasteiger partial charge in [-0.2, -0.15) is 21.3 Å². The Morgan fingerprint density at radius 3 is 2.75 bits per heavy atom. The van der Waals surface area contributed by atoms with Crippen LogP contribution in [0.15, 0.2) is 71.8 Å². The van der Waals surface area contributed by atoms with Crippen LogP contribution in [-0.4, -0.2) is 34.5 Å². The number of para-hydroxylation sites is 2. The van der Waals surface area contributed by atoms with E-state index in [2.05, 4.69) is 40.9 Å². The Balaban J connectivity index is 1.39. The second-order valence-electron chi connectivity index (χ2n) is 7.06. The summed E-state index contributed by atoms with van der Waals surface area (Å²) in [6, 6.07) is 15.6. The Labute approximate surface area is 186 Å². The minimum Gasteiger partial charge on any atom is -0.361 e. The van der Waals surface area contributed by atoms with Gasteiger partial charge in [0.1, 0.15) is 18.0 Å². The van der Waals surface area contributed by atoms with Gasteiger partial charge in [-0.05, 0) is 35.7 Å². The average Bonchev–Trinajstić information content (AvgIpc) is 3.57. The van der Waals surface area contributed by atoms with Crippen molar-refractivity contribution in [3.05, 3.63) is 77.6 Å². The fourth-order valence-corrected chi connectivity index (χ4v) is 4.10. The number of fused-ring (bicyclic) bond motifs is 2. The van der Waals surface area contributed by atoms with Crippen molar-refractivity contribution < 1.29 is 0 Å². The van der Waals surface area contributed by atoms with Crippen molar-refractivity contribution in [2.24, 2.45) is 0 Å². The second-order valence-corrected chi connectivity index (χ2v) is 7.84. The number of imidazole rings is 2. The monoisotopic (exact) mass is 439 g/mol. The maximum absolute atomic E-state index is 4.72. The third-order valence-corrected chi connectivity index (χ3v) is 5.62. The molecule has 10 heteroatoms. The maximum Gasteiger partial charge on any atom is 0.232 e. The van der Waals surface area contributed by atoms with Gasteiger partial charge in [0.05, 0.1) is 23.3 Å². The van der Waals surface area contributed by atoms with Gasteiger partial charge < -0.3 is 15.6 Å². The summed E-state index contributed by atoms with van der Waals surface area (Å²) in [6.07, 6.45) is 3.48. The summed E-state index contributed by atoms with van der Waals surface area (Å²) in [6.45, 7) is 0.467. The largest absolute Gasteiger partial charge is 0.361 e. The van der Waals surface area contributed by atoms with Crippen LogP contribution >= 0.6 is 11.3 Å². The number of hydrogen-bond donors (Lipinski definition) is 3. The summed E-state index contributed by atoms with van der Waals surface area (Å²) in [7, 11) is 0. The lowest BCUT2D eigenvalue weighted by molar-refractivity contribution is 0.995. The Kier molecular flexibility index (Phi) is 4.47. The quantitative estimate of drug-likeness (QED) is 0.350. The van der Waals surface area contributed by atoms with E-state index in [4.69, 9.17) is 4.98 Å². The number of benzene rings is 1. The minimum atomic E-state index is 0.431. The van der Waals surface area contributed by atoms with Crippen molar-refractivity contribution in [3.63, 3.8) is 0 Å². The van der Waals surface area contributed by atoms with E-state index in [1.807, 2.05) is 58.5 Å². The van der Waals surface area contributed by atoms with Gasteiger partial charge in [0.2, 0.25) is 5.95 Å². The van der Waals surface area contributed by atoms with E-state index in [1.165, 1.54) is 0 Å². The van der Waals surface area contributed by atoms with Gasteiger partial charge in [0, 0.05) is 11.6 Å². The number of H-pyrrole nitrogens is 1. The molecule has 0 saturated heterocycles. The average molecular weight is 440 g/mol. The molecule has 0 atom stereocenters. The van der Waals surface area contributed by atoms with E-state index in [1.54, 1.807) is 23.9 Å². The van der Waals surface area contributed by atoms with Crippen molar-refractivity contribution in [1.29, 1.82) is 0 Å². The Bertz CT molecular complexity index is 1470. The predicted octanol–water partition coefficient (Wildman–Crippen LogP) is 4.50. The first-order chi connectivity index (χ1) is 15.8. The van der Waals surface area contributed by atoms with Gasteiger partial charge in [0.15, 0.2) is 17.0 Å². The number of nitrogens with one attached hydrogen (secondary N) is 3. The molecule has 0 aliphatic carbocycles. The van der Waals surface area contributed by atoms with Gasteiger partial charge in [-0.3, -0.25) is 4.57 Å². The van der Waals surface area contributed by atoms with Crippen molar-refractivity contribution in [2.75, 3.05) is 10.6 Å². The zero-order chi connectivity index (χ0) is 21.3. The van der Waals surface area contributed by atoms with E-state index >= 15 is 0 Å². The molecule has 0 fully saturated rings. The molecule has 1 aromatic carbocycles. The minimum absolute atomic E-state index is 0.431. The zero-order valence-electron chi connectivity index (χ0n) is 16.7. The lowest BCUT2D eigenvalue weighted by Crippen LogP contribution is -2.07. The standard InChI is InChI=1S/C22H17N9S/c1-2-6-16-15(5-1)26-18(27-16)11-24-20-19-21(31(13-25-19)14-8-10-32-12-14)30-22(29-20)28-17-7-3-4-9-23-17/h1-10,12-13H,11H2,(H,26,27)(H2,23,24,28,29,30). The summed E-state index contributed by atoms with van der Waals surface area (Å²) >= 11 is 1.62. The summed E-state index contributed by atoms with van der Waals surface area (Å²) in [5, 5.41) is 10.6. The van der Waals surface area contributed by atoms with E-state index in [-0.39, 0.29) is 0 Å². The number of hydrogen-bond acceptors (Lipinski definition) is 8. The Morgan fingerprint density at radius 2 is 1.91 bits per heavy atom. The van der Waals surface area contributed by atoms with Gasteiger partial charge in [0.25, 0.3) is 0 Å². The van der Waals surface area contributed by atoms with Crippen LogP contribution in [0, 0.1) is 0 Å². The van der Waals surface area contributed by atoms with E-state index in [9.17, 15) is 0 Å². The molecule has 0 radical (unpaired) electrons. The van der Waals surface area contributed by atoms with Gasteiger partial charge >= 0.3 is 0 Å². The van der Waals surface area contributed by atoms with Gasteiger partial charge in [-0.15, -0.1) is 0 Å². The highest BCUT2D eigenvalue weighted by molar-refractivity contribution is 7.08. The molecule has 32 heavy (non-hydrogen) atoms. The van der Waals surface area contributed by atoms with Crippen molar-refractivity contribution in [2.45, 2.75) is 6.54 Å². The molecule has 0 aliphatic rings. The van der Waals surface area contributed by atoms with E-state index in [0.29, 0.717) is 35.3 Å². The zero-order valence-corrected chi connectivity index (χ0v) is 17.5. The molecule has 0 bridgehead atoms. The Hall–Kier alpha value is -4.31. The first-order valence-electron chi connectivity index (χ1n) is 9.97. The van der Waals surface area contributed by atoms with Crippen molar-refractivity contribution in [1.82, 2.24) is 34.5 Å². The first kappa shape index (κ1) is 18.5. The first-order valence-corrected chi connectivity index (χ1v) is 10.9.